The summed E-state index contributed by atoms with van der Waals surface area (Å²) >= 11 is 0. The molecule has 0 fully saturated rings. The van der Waals surface area contributed by atoms with Crippen LogP contribution in [0.4, 0.5) is 0 Å². The fourth-order valence-corrected chi connectivity index (χ4v) is 1.72. The Morgan fingerprint density at radius 2 is 2.00 bits per heavy atom. The van der Waals surface area contributed by atoms with Gasteiger partial charge in [0.05, 0.1) is 6.04 Å². The molecule has 0 aromatic carbocycles. The first-order valence-corrected chi connectivity index (χ1v) is 6.13. The van der Waals surface area contributed by atoms with Gasteiger partial charge in [-0.1, -0.05) is 27.2 Å². The first kappa shape index (κ1) is 12.3. The third kappa shape index (κ3) is 3.71. The molecule has 0 amide bonds. The quantitative estimate of drug-likeness (QED) is 0.741. The molecule has 0 aliphatic rings. The largest absolute Gasteiger partial charge is 0.464 e. The molecule has 0 bridgehead atoms. The van der Waals surface area contributed by atoms with E-state index in [2.05, 4.69) is 38.2 Å². The normalized spacial score (nSPS) is 13.0. The van der Waals surface area contributed by atoms with Crippen LogP contribution in [0.15, 0.2) is 16.5 Å². The van der Waals surface area contributed by atoms with Crippen molar-refractivity contribution in [3.8, 4) is 0 Å². The Balaban J connectivity index is 2.60. The highest BCUT2D eigenvalue weighted by Gasteiger charge is 2.13. The monoisotopic (exact) mass is 209 g/mol. The summed E-state index contributed by atoms with van der Waals surface area (Å²) in [6.07, 6.45) is 4.48. The van der Waals surface area contributed by atoms with Gasteiger partial charge < -0.3 is 9.73 Å². The number of hydrogen-bond donors (Lipinski definition) is 1. The summed E-state index contributed by atoms with van der Waals surface area (Å²) in [4.78, 5) is 0. The van der Waals surface area contributed by atoms with Crippen LogP contribution in [-0.2, 0) is 6.42 Å². The summed E-state index contributed by atoms with van der Waals surface area (Å²) in [6, 6.07) is 4.60. The molecule has 15 heavy (non-hydrogen) atoms. The van der Waals surface area contributed by atoms with Crippen LogP contribution in [0, 0.1) is 0 Å². The molecule has 86 valence electrons. The summed E-state index contributed by atoms with van der Waals surface area (Å²) in [5, 5.41) is 3.53. The van der Waals surface area contributed by atoms with E-state index in [0.717, 1.165) is 30.9 Å². The van der Waals surface area contributed by atoms with E-state index in [9.17, 15) is 0 Å². The first-order chi connectivity index (χ1) is 7.31. The molecular weight excluding hydrogens is 186 g/mol. The number of nitrogens with one attached hydrogen (secondary N) is 1. The van der Waals surface area contributed by atoms with Crippen LogP contribution in [0.25, 0.3) is 0 Å². The molecular formula is C13H23NO. The highest BCUT2D eigenvalue weighted by atomic mass is 16.3. The second-order valence-electron chi connectivity index (χ2n) is 3.95. The molecule has 0 radical (unpaired) electrons. The van der Waals surface area contributed by atoms with E-state index >= 15 is 0 Å². The maximum Gasteiger partial charge on any atom is 0.121 e. The lowest BCUT2D eigenvalue weighted by Gasteiger charge is -2.15. The molecule has 1 heterocycles. The fraction of sp³-hybridized carbons (Fsp3) is 0.692. The zero-order chi connectivity index (χ0) is 11.1. The maximum atomic E-state index is 5.78. The summed E-state index contributed by atoms with van der Waals surface area (Å²) in [5.41, 5.74) is 0. The third-order valence-corrected chi connectivity index (χ3v) is 2.59. The molecule has 2 heteroatoms. The lowest BCUT2D eigenvalue weighted by atomic mass is 10.1. The molecule has 0 spiro atoms. The summed E-state index contributed by atoms with van der Waals surface area (Å²) < 4.78 is 5.78. The summed E-state index contributed by atoms with van der Waals surface area (Å²) in [7, 11) is 0. The Morgan fingerprint density at radius 3 is 2.53 bits per heavy atom. The van der Waals surface area contributed by atoms with Gasteiger partial charge in [0, 0.05) is 6.42 Å². The highest BCUT2D eigenvalue weighted by Crippen LogP contribution is 2.21. The van der Waals surface area contributed by atoms with Crippen molar-refractivity contribution < 1.29 is 4.42 Å². The van der Waals surface area contributed by atoms with Crippen molar-refractivity contribution in [1.29, 1.82) is 0 Å². The molecule has 0 aliphatic carbocycles. The molecule has 1 N–H and O–H groups in total. The maximum absolute atomic E-state index is 5.78. The predicted molar refractivity (Wildman–Crippen MR) is 64.0 cm³/mol. The van der Waals surface area contributed by atoms with Gasteiger partial charge in [-0.3, -0.25) is 0 Å². The average molecular weight is 209 g/mol. The van der Waals surface area contributed by atoms with Gasteiger partial charge in [0.15, 0.2) is 0 Å². The molecule has 0 saturated carbocycles. The minimum absolute atomic E-state index is 0.398. The molecule has 1 unspecified atom stereocenters. The van der Waals surface area contributed by atoms with Gasteiger partial charge in [-0.05, 0) is 31.5 Å². The molecule has 1 aromatic rings. The molecule has 1 aromatic heterocycles. The van der Waals surface area contributed by atoms with E-state index in [1.54, 1.807) is 0 Å². The Kier molecular flexibility index (Phi) is 5.48. The first-order valence-electron chi connectivity index (χ1n) is 6.13. The van der Waals surface area contributed by atoms with Crippen molar-refractivity contribution in [3.05, 3.63) is 23.7 Å². The predicted octanol–water partition coefficient (Wildman–Crippen LogP) is 3.68. The smallest absolute Gasteiger partial charge is 0.121 e. The van der Waals surface area contributed by atoms with Crippen LogP contribution in [-0.4, -0.2) is 6.54 Å². The number of hydrogen-bond acceptors (Lipinski definition) is 2. The van der Waals surface area contributed by atoms with Crippen molar-refractivity contribution in [2.45, 2.75) is 52.5 Å². The molecule has 1 atom stereocenters. The van der Waals surface area contributed by atoms with Crippen LogP contribution in [0.5, 0.6) is 0 Å². The topological polar surface area (TPSA) is 25.2 Å². The lowest BCUT2D eigenvalue weighted by molar-refractivity contribution is 0.378. The van der Waals surface area contributed by atoms with Crippen LogP contribution < -0.4 is 5.32 Å². The van der Waals surface area contributed by atoms with Gasteiger partial charge >= 0.3 is 0 Å². The Bertz CT molecular complexity index is 267. The average Bonchev–Trinajstić information content (AvgIpc) is 2.72. The molecule has 1 rings (SSSR count). The summed E-state index contributed by atoms with van der Waals surface area (Å²) in [5.74, 6) is 2.19. The van der Waals surface area contributed by atoms with Crippen molar-refractivity contribution >= 4 is 0 Å². The Hall–Kier alpha value is -0.760. The number of rotatable bonds is 7. The SMILES string of the molecule is CCCNC(CCC)c1ccc(CC)o1. The van der Waals surface area contributed by atoms with E-state index in [1.807, 2.05) is 0 Å². The van der Waals surface area contributed by atoms with Gasteiger partial charge in [0.25, 0.3) is 0 Å². The van der Waals surface area contributed by atoms with Gasteiger partial charge in [-0.15, -0.1) is 0 Å². The van der Waals surface area contributed by atoms with Gasteiger partial charge in [-0.25, -0.2) is 0 Å². The fourth-order valence-electron chi connectivity index (χ4n) is 1.72. The van der Waals surface area contributed by atoms with E-state index in [1.165, 1.54) is 12.8 Å². The van der Waals surface area contributed by atoms with Crippen molar-refractivity contribution in [2.24, 2.45) is 0 Å². The standard InChI is InChI=1S/C13H23NO/c1-4-7-12(14-10-5-2)13-9-8-11(6-3)15-13/h8-9,12,14H,4-7,10H2,1-3H3. The van der Waals surface area contributed by atoms with E-state index in [0.29, 0.717) is 6.04 Å². The van der Waals surface area contributed by atoms with Crippen LogP contribution >= 0.6 is 0 Å². The third-order valence-electron chi connectivity index (χ3n) is 2.59. The van der Waals surface area contributed by atoms with Gasteiger partial charge in [0.2, 0.25) is 0 Å². The van der Waals surface area contributed by atoms with Gasteiger partial charge in [0.1, 0.15) is 11.5 Å². The van der Waals surface area contributed by atoms with Crippen molar-refractivity contribution in [1.82, 2.24) is 5.32 Å². The molecule has 0 aliphatic heterocycles. The zero-order valence-electron chi connectivity index (χ0n) is 10.2. The Morgan fingerprint density at radius 1 is 1.20 bits per heavy atom. The number of furan rings is 1. The van der Waals surface area contributed by atoms with Gasteiger partial charge in [-0.2, -0.15) is 0 Å². The lowest BCUT2D eigenvalue weighted by Crippen LogP contribution is -2.21. The van der Waals surface area contributed by atoms with Crippen molar-refractivity contribution in [2.75, 3.05) is 6.54 Å². The number of aryl methyl sites for hydroxylation is 1. The van der Waals surface area contributed by atoms with Crippen LogP contribution in [0.3, 0.4) is 0 Å². The molecule has 0 saturated heterocycles. The van der Waals surface area contributed by atoms with E-state index < -0.39 is 0 Å². The minimum atomic E-state index is 0.398. The molecule has 2 nitrogen and oxygen atoms in total. The van der Waals surface area contributed by atoms with E-state index in [4.69, 9.17) is 4.42 Å². The second-order valence-corrected chi connectivity index (χ2v) is 3.95. The highest BCUT2D eigenvalue weighted by molar-refractivity contribution is 5.10. The summed E-state index contributed by atoms with van der Waals surface area (Å²) in [6.45, 7) is 7.59. The van der Waals surface area contributed by atoms with Crippen molar-refractivity contribution in [3.63, 3.8) is 0 Å². The zero-order valence-corrected chi connectivity index (χ0v) is 10.2. The van der Waals surface area contributed by atoms with E-state index in [-0.39, 0.29) is 0 Å². The second kappa shape index (κ2) is 6.67. The van der Waals surface area contributed by atoms with Crippen LogP contribution in [0.1, 0.15) is 57.6 Å². The minimum Gasteiger partial charge on any atom is -0.464 e. The van der Waals surface area contributed by atoms with Crippen LogP contribution in [0.2, 0.25) is 0 Å². The Labute approximate surface area is 93.1 Å².